The highest BCUT2D eigenvalue weighted by molar-refractivity contribution is 5.84. The second-order valence-electron chi connectivity index (χ2n) is 8.26. The maximum atomic E-state index is 12.7. The van der Waals surface area contributed by atoms with Crippen LogP contribution in [0.5, 0.6) is 11.6 Å². The smallest absolute Gasteiger partial charge is 0.226 e. The average molecular weight is 386 g/mol. The molecule has 0 unspecified atom stereocenters. The van der Waals surface area contributed by atoms with E-state index in [1.54, 1.807) is 7.05 Å². The van der Waals surface area contributed by atoms with Crippen molar-refractivity contribution in [1.82, 2.24) is 10.3 Å². The van der Waals surface area contributed by atoms with E-state index in [9.17, 15) is 4.79 Å². The summed E-state index contributed by atoms with van der Waals surface area (Å²) in [5.74, 6) is 1.17. The SMILES string of the molecule is CNC(=O)C(C)(C)[C@H]1c2ccccc2Oc2nc(-c3ccc(C)c(C)c3)ccc21. The number of hydrogen-bond donors (Lipinski definition) is 1. The van der Waals surface area contributed by atoms with E-state index in [0.717, 1.165) is 28.1 Å². The molecular formula is C25H26N2O2. The molecule has 0 fully saturated rings. The molecule has 1 amide bonds. The number of aryl methyl sites for hydroxylation is 2. The van der Waals surface area contributed by atoms with Crippen LogP contribution in [0, 0.1) is 19.3 Å². The van der Waals surface area contributed by atoms with Gasteiger partial charge in [0.1, 0.15) is 5.75 Å². The van der Waals surface area contributed by atoms with Crippen LogP contribution in [0.3, 0.4) is 0 Å². The molecule has 148 valence electrons. The van der Waals surface area contributed by atoms with Crippen LogP contribution in [-0.4, -0.2) is 17.9 Å². The summed E-state index contributed by atoms with van der Waals surface area (Å²) in [5.41, 5.74) is 5.69. The third kappa shape index (κ3) is 3.19. The van der Waals surface area contributed by atoms with Crippen molar-refractivity contribution < 1.29 is 9.53 Å². The van der Waals surface area contributed by atoms with E-state index in [1.807, 2.05) is 44.2 Å². The highest BCUT2D eigenvalue weighted by atomic mass is 16.5. The fourth-order valence-corrected chi connectivity index (χ4v) is 4.13. The average Bonchev–Trinajstić information content (AvgIpc) is 2.72. The number of amides is 1. The Morgan fingerprint density at radius 3 is 2.48 bits per heavy atom. The predicted octanol–water partition coefficient (Wildman–Crippen LogP) is 5.38. The van der Waals surface area contributed by atoms with Gasteiger partial charge in [0.25, 0.3) is 0 Å². The minimum absolute atomic E-state index is 0.0108. The fourth-order valence-electron chi connectivity index (χ4n) is 4.13. The van der Waals surface area contributed by atoms with Crippen molar-refractivity contribution in [2.45, 2.75) is 33.6 Å². The zero-order valence-corrected chi connectivity index (χ0v) is 17.5. The molecule has 0 aliphatic carbocycles. The summed E-state index contributed by atoms with van der Waals surface area (Å²) in [7, 11) is 1.68. The number of fused-ring (bicyclic) bond motifs is 2. The maximum absolute atomic E-state index is 12.7. The quantitative estimate of drug-likeness (QED) is 0.658. The summed E-state index contributed by atoms with van der Waals surface area (Å²) >= 11 is 0. The summed E-state index contributed by atoms with van der Waals surface area (Å²) in [6.07, 6.45) is 0. The van der Waals surface area contributed by atoms with E-state index in [-0.39, 0.29) is 11.8 Å². The van der Waals surface area contributed by atoms with Crippen LogP contribution in [0.1, 0.15) is 42.0 Å². The van der Waals surface area contributed by atoms with Gasteiger partial charge in [0.05, 0.1) is 11.1 Å². The van der Waals surface area contributed by atoms with Crippen LogP contribution in [0.15, 0.2) is 54.6 Å². The molecule has 3 aromatic rings. The molecule has 2 heterocycles. The second kappa shape index (κ2) is 7.03. The lowest BCUT2D eigenvalue weighted by atomic mass is 9.69. The van der Waals surface area contributed by atoms with Crippen LogP contribution in [0.25, 0.3) is 11.3 Å². The number of nitrogens with one attached hydrogen (secondary N) is 1. The Hall–Kier alpha value is -3.14. The normalized spacial score (nSPS) is 15.1. The van der Waals surface area contributed by atoms with Crippen molar-refractivity contribution in [2.75, 3.05) is 7.05 Å². The number of carbonyl (C=O) groups is 1. The molecule has 4 rings (SSSR count). The van der Waals surface area contributed by atoms with Gasteiger partial charge >= 0.3 is 0 Å². The first-order valence-corrected chi connectivity index (χ1v) is 9.90. The molecule has 29 heavy (non-hydrogen) atoms. The number of nitrogens with zero attached hydrogens (tertiary/aromatic N) is 1. The minimum atomic E-state index is -0.660. The van der Waals surface area contributed by atoms with Gasteiger partial charge in [-0.15, -0.1) is 0 Å². The van der Waals surface area contributed by atoms with E-state index in [0.29, 0.717) is 5.88 Å². The maximum Gasteiger partial charge on any atom is 0.226 e. The fraction of sp³-hybridized carbons (Fsp3) is 0.280. The van der Waals surface area contributed by atoms with Crippen LogP contribution in [-0.2, 0) is 4.79 Å². The number of pyridine rings is 1. The Morgan fingerprint density at radius 1 is 1.00 bits per heavy atom. The van der Waals surface area contributed by atoms with Gasteiger partial charge in [0, 0.05) is 29.7 Å². The molecule has 4 nitrogen and oxygen atoms in total. The lowest BCUT2D eigenvalue weighted by Crippen LogP contribution is -2.40. The van der Waals surface area contributed by atoms with Gasteiger partial charge in [-0.3, -0.25) is 4.79 Å². The molecule has 1 aromatic heterocycles. The lowest BCUT2D eigenvalue weighted by Gasteiger charge is -2.37. The molecule has 1 aliphatic rings. The standard InChI is InChI=1S/C25H26N2O2/c1-15-10-11-17(14-16(15)2)20-13-12-19-22(25(3,4)24(28)26-5)18-8-6-7-9-21(18)29-23(19)27-20/h6-14,22H,1-5H3,(H,26,28)/t22-/m0/s1. The first-order chi connectivity index (χ1) is 13.8. The topological polar surface area (TPSA) is 51.2 Å². The number of hydrogen-bond acceptors (Lipinski definition) is 3. The van der Waals surface area contributed by atoms with Crippen molar-refractivity contribution in [2.24, 2.45) is 5.41 Å². The third-order valence-electron chi connectivity index (χ3n) is 5.97. The Morgan fingerprint density at radius 2 is 1.76 bits per heavy atom. The molecule has 4 heteroatoms. The molecule has 0 spiro atoms. The van der Waals surface area contributed by atoms with Crippen molar-refractivity contribution in [3.05, 3.63) is 76.9 Å². The van der Waals surface area contributed by atoms with E-state index in [4.69, 9.17) is 9.72 Å². The predicted molar refractivity (Wildman–Crippen MR) is 115 cm³/mol. The second-order valence-corrected chi connectivity index (χ2v) is 8.26. The number of rotatable bonds is 3. The molecular weight excluding hydrogens is 360 g/mol. The first-order valence-electron chi connectivity index (χ1n) is 9.90. The molecule has 2 aromatic carbocycles. The molecule has 1 atom stereocenters. The third-order valence-corrected chi connectivity index (χ3v) is 5.97. The van der Waals surface area contributed by atoms with Crippen molar-refractivity contribution in [3.63, 3.8) is 0 Å². The van der Waals surface area contributed by atoms with Crippen LogP contribution in [0.2, 0.25) is 0 Å². The Bertz CT molecular complexity index is 1100. The first kappa shape index (κ1) is 19.2. The van der Waals surface area contributed by atoms with E-state index < -0.39 is 5.41 Å². The monoisotopic (exact) mass is 386 g/mol. The summed E-state index contributed by atoms with van der Waals surface area (Å²) in [5, 5.41) is 2.81. The number of carbonyl (C=O) groups excluding carboxylic acids is 1. The number of para-hydroxylation sites is 1. The molecule has 0 saturated heterocycles. The van der Waals surface area contributed by atoms with Crippen molar-refractivity contribution >= 4 is 5.91 Å². The molecule has 1 N–H and O–H groups in total. The zero-order chi connectivity index (χ0) is 20.8. The van der Waals surface area contributed by atoms with E-state index >= 15 is 0 Å². The minimum Gasteiger partial charge on any atom is -0.438 e. The highest BCUT2D eigenvalue weighted by Gasteiger charge is 2.43. The summed E-state index contributed by atoms with van der Waals surface area (Å²) in [6, 6.07) is 18.3. The molecule has 1 aliphatic heterocycles. The Balaban J connectivity index is 1.87. The largest absolute Gasteiger partial charge is 0.438 e. The van der Waals surface area contributed by atoms with Gasteiger partial charge in [-0.1, -0.05) is 50.2 Å². The van der Waals surface area contributed by atoms with Crippen LogP contribution >= 0.6 is 0 Å². The molecule has 0 saturated carbocycles. The van der Waals surface area contributed by atoms with Crippen LogP contribution in [0.4, 0.5) is 0 Å². The Kier molecular flexibility index (Phi) is 4.65. The van der Waals surface area contributed by atoms with Crippen molar-refractivity contribution in [3.8, 4) is 22.9 Å². The number of ether oxygens (including phenoxy) is 1. The highest BCUT2D eigenvalue weighted by Crippen LogP contribution is 2.51. The number of benzene rings is 2. The van der Waals surface area contributed by atoms with Crippen molar-refractivity contribution in [1.29, 1.82) is 0 Å². The van der Waals surface area contributed by atoms with E-state index in [1.165, 1.54) is 11.1 Å². The molecule has 0 bridgehead atoms. The van der Waals surface area contributed by atoms with Gasteiger partial charge in [-0.05, 0) is 43.2 Å². The summed E-state index contributed by atoms with van der Waals surface area (Å²) in [4.78, 5) is 17.6. The van der Waals surface area contributed by atoms with Gasteiger partial charge in [-0.2, -0.15) is 0 Å². The van der Waals surface area contributed by atoms with Gasteiger partial charge in [0.15, 0.2) is 0 Å². The van der Waals surface area contributed by atoms with Gasteiger partial charge in [0.2, 0.25) is 11.8 Å². The lowest BCUT2D eigenvalue weighted by molar-refractivity contribution is -0.129. The van der Waals surface area contributed by atoms with Gasteiger partial charge < -0.3 is 10.1 Å². The van der Waals surface area contributed by atoms with Gasteiger partial charge in [-0.25, -0.2) is 4.98 Å². The zero-order valence-electron chi connectivity index (χ0n) is 17.5. The summed E-state index contributed by atoms with van der Waals surface area (Å²) < 4.78 is 6.19. The van der Waals surface area contributed by atoms with E-state index in [2.05, 4.69) is 43.4 Å². The molecule has 0 radical (unpaired) electrons. The summed E-state index contributed by atoms with van der Waals surface area (Å²) in [6.45, 7) is 8.15. The Labute approximate surface area is 172 Å². The number of aromatic nitrogens is 1. The van der Waals surface area contributed by atoms with Crippen LogP contribution < -0.4 is 10.1 Å².